The van der Waals surface area contributed by atoms with Gasteiger partial charge in [-0.3, -0.25) is 10.1 Å². The third-order valence-corrected chi connectivity index (χ3v) is 3.16. The molecule has 1 aromatic carbocycles. The van der Waals surface area contributed by atoms with Crippen LogP contribution in [-0.2, 0) is 6.54 Å². The number of aromatic nitrogens is 2. The predicted octanol–water partition coefficient (Wildman–Crippen LogP) is 2.38. The number of hydrogen-bond donors (Lipinski definition) is 1. The Balaban J connectivity index is 1.85. The number of para-hydroxylation sites is 1. The van der Waals surface area contributed by atoms with Gasteiger partial charge < -0.3 is 14.8 Å². The number of nitrogens with one attached hydrogen (secondary N) is 1. The lowest BCUT2D eigenvalue weighted by molar-refractivity contribution is -0.384. The Morgan fingerprint density at radius 3 is 3.05 bits per heavy atom. The van der Waals surface area contributed by atoms with E-state index in [4.69, 9.17) is 21.1 Å². The molecule has 0 spiro atoms. The van der Waals surface area contributed by atoms with Crippen molar-refractivity contribution < 1.29 is 14.4 Å². The molecule has 2 heterocycles. The van der Waals surface area contributed by atoms with Gasteiger partial charge in [0, 0.05) is 12.1 Å². The fourth-order valence-electron chi connectivity index (χ4n) is 1.96. The van der Waals surface area contributed by atoms with Crippen LogP contribution in [0.4, 0.5) is 11.5 Å². The first kappa shape index (κ1) is 13.4. The zero-order valence-corrected chi connectivity index (χ0v) is 11.3. The van der Waals surface area contributed by atoms with Crippen LogP contribution in [-0.4, -0.2) is 21.7 Å². The van der Waals surface area contributed by atoms with Crippen LogP contribution >= 0.6 is 11.6 Å². The molecule has 21 heavy (non-hydrogen) atoms. The van der Waals surface area contributed by atoms with E-state index in [1.165, 1.54) is 0 Å². The summed E-state index contributed by atoms with van der Waals surface area (Å²) in [6.07, 6.45) is 1.16. The number of nitro groups is 1. The number of rotatable bonds is 4. The zero-order valence-electron chi connectivity index (χ0n) is 10.6. The van der Waals surface area contributed by atoms with E-state index in [0.29, 0.717) is 11.5 Å². The second-order valence-electron chi connectivity index (χ2n) is 4.12. The largest absolute Gasteiger partial charge is 0.454 e. The standard InChI is InChI=1S/C12H9ClN4O4/c13-11-9(17(18)19)12(16-5-15-11)14-4-7-2-1-3-8-10(7)21-6-20-8/h1-3,5H,4,6H2,(H,14,15,16). The maximum Gasteiger partial charge on any atom is 0.348 e. The van der Waals surface area contributed by atoms with Crippen LogP contribution in [0.5, 0.6) is 11.5 Å². The quantitative estimate of drug-likeness (QED) is 0.526. The van der Waals surface area contributed by atoms with Gasteiger partial charge in [-0.1, -0.05) is 23.7 Å². The molecule has 1 aliphatic heterocycles. The Hall–Kier alpha value is -2.61. The number of fused-ring (bicyclic) bond motifs is 1. The Kier molecular flexibility index (Phi) is 3.44. The summed E-state index contributed by atoms with van der Waals surface area (Å²) < 4.78 is 10.6. The lowest BCUT2D eigenvalue weighted by Crippen LogP contribution is -2.06. The topological polar surface area (TPSA) is 99.4 Å². The van der Waals surface area contributed by atoms with Gasteiger partial charge in [-0.2, -0.15) is 0 Å². The number of nitrogens with zero attached hydrogens (tertiary/aromatic N) is 3. The van der Waals surface area contributed by atoms with Gasteiger partial charge in [0.05, 0.1) is 4.92 Å². The molecule has 1 aromatic heterocycles. The van der Waals surface area contributed by atoms with E-state index in [2.05, 4.69) is 15.3 Å². The van der Waals surface area contributed by atoms with Crippen molar-refractivity contribution in [1.82, 2.24) is 9.97 Å². The van der Waals surface area contributed by atoms with Crippen molar-refractivity contribution in [2.45, 2.75) is 6.54 Å². The molecule has 0 bridgehead atoms. The van der Waals surface area contributed by atoms with E-state index in [0.717, 1.165) is 11.9 Å². The molecule has 0 aliphatic carbocycles. The second-order valence-corrected chi connectivity index (χ2v) is 4.48. The van der Waals surface area contributed by atoms with E-state index in [1.807, 2.05) is 12.1 Å². The molecule has 0 saturated carbocycles. The highest BCUT2D eigenvalue weighted by Gasteiger charge is 2.22. The fourth-order valence-corrected chi connectivity index (χ4v) is 2.16. The van der Waals surface area contributed by atoms with Crippen molar-refractivity contribution >= 4 is 23.1 Å². The van der Waals surface area contributed by atoms with Crippen LogP contribution in [0.2, 0.25) is 5.15 Å². The average molecular weight is 309 g/mol. The molecule has 0 fully saturated rings. The van der Waals surface area contributed by atoms with Crippen LogP contribution in [0.25, 0.3) is 0 Å². The minimum atomic E-state index is -0.625. The Morgan fingerprint density at radius 2 is 2.24 bits per heavy atom. The van der Waals surface area contributed by atoms with E-state index in [-0.39, 0.29) is 30.0 Å². The summed E-state index contributed by atoms with van der Waals surface area (Å²) >= 11 is 5.72. The number of benzene rings is 1. The van der Waals surface area contributed by atoms with Crippen LogP contribution in [0.3, 0.4) is 0 Å². The van der Waals surface area contributed by atoms with Gasteiger partial charge in [-0.25, -0.2) is 9.97 Å². The summed E-state index contributed by atoms with van der Waals surface area (Å²) in [5.74, 6) is 1.31. The molecule has 9 heteroatoms. The first-order chi connectivity index (χ1) is 10.2. The Labute approximate surface area is 123 Å². The number of hydrogen-bond acceptors (Lipinski definition) is 7. The van der Waals surface area contributed by atoms with Gasteiger partial charge in [0.2, 0.25) is 17.8 Å². The SMILES string of the molecule is O=[N+]([O-])c1c(Cl)ncnc1NCc1cccc2c1OCO2. The highest BCUT2D eigenvalue weighted by atomic mass is 35.5. The highest BCUT2D eigenvalue weighted by molar-refractivity contribution is 6.31. The third kappa shape index (κ3) is 2.52. The first-order valence-corrected chi connectivity index (χ1v) is 6.31. The number of ether oxygens (including phenoxy) is 2. The molecule has 0 saturated heterocycles. The molecule has 2 aromatic rings. The molecule has 1 N–H and O–H groups in total. The molecule has 0 atom stereocenters. The maximum atomic E-state index is 11.0. The van der Waals surface area contributed by atoms with Crippen molar-refractivity contribution in [3.63, 3.8) is 0 Å². The minimum absolute atomic E-state index is 0.0523. The van der Waals surface area contributed by atoms with E-state index in [9.17, 15) is 10.1 Å². The second kappa shape index (κ2) is 5.41. The van der Waals surface area contributed by atoms with Gasteiger partial charge in [-0.05, 0) is 6.07 Å². The van der Waals surface area contributed by atoms with Gasteiger partial charge in [0.15, 0.2) is 11.5 Å². The summed E-state index contributed by atoms with van der Waals surface area (Å²) in [7, 11) is 0. The van der Waals surface area contributed by atoms with E-state index >= 15 is 0 Å². The van der Waals surface area contributed by atoms with Gasteiger partial charge in [0.1, 0.15) is 6.33 Å². The van der Waals surface area contributed by atoms with Crippen molar-refractivity contribution in [2.75, 3.05) is 12.1 Å². The normalized spacial score (nSPS) is 12.2. The molecule has 3 rings (SSSR count). The molecule has 0 amide bonds. The minimum Gasteiger partial charge on any atom is -0.454 e. The van der Waals surface area contributed by atoms with Crippen LogP contribution in [0, 0.1) is 10.1 Å². The average Bonchev–Trinajstić information content (AvgIpc) is 2.93. The summed E-state index contributed by atoms with van der Waals surface area (Å²) in [5.41, 5.74) is 0.443. The van der Waals surface area contributed by atoms with Gasteiger partial charge in [0.25, 0.3) is 0 Å². The Morgan fingerprint density at radius 1 is 1.38 bits per heavy atom. The monoisotopic (exact) mass is 308 g/mol. The third-order valence-electron chi connectivity index (χ3n) is 2.88. The summed E-state index contributed by atoms with van der Waals surface area (Å²) in [6, 6.07) is 5.43. The van der Waals surface area contributed by atoms with Crippen LogP contribution in [0.15, 0.2) is 24.5 Å². The maximum absolute atomic E-state index is 11.0. The van der Waals surface area contributed by atoms with Crippen LogP contribution in [0.1, 0.15) is 5.56 Å². The smallest absolute Gasteiger partial charge is 0.348 e. The van der Waals surface area contributed by atoms with E-state index in [1.54, 1.807) is 6.07 Å². The fraction of sp³-hybridized carbons (Fsp3) is 0.167. The summed E-state index contributed by atoms with van der Waals surface area (Å²) in [5, 5.41) is 13.7. The molecule has 0 radical (unpaired) electrons. The highest BCUT2D eigenvalue weighted by Crippen LogP contribution is 2.36. The summed E-state index contributed by atoms with van der Waals surface area (Å²) in [4.78, 5) is 17.8. The molecule has 1 aliphatic rings. The molecular weight excluding hydrogens is 300 g/mol. The predicted molar refractivity (Wildman–Crippen MR) is 73.6 cm³/mol. The number of anilines is 1. The summed E-state index contributed by atoms with van der Waals surface area (Å²) in [6.45, 7) is 0.437. The lowest BCUT2D eigenvalue weighted by Gasteiger charge is -2.08. The van der Waals surface area contributed by atoms with Crippen molar-refractivity contribution in [1.29, 1.82) is 0 Å². The first-order valence-electron chi connectivity index (χ1n) is 5.93. The molecular formula is C12H9ClN4O4. The van der Waals surface area contributed by atoms with Crippen molar-refractivity contribution in [3.8, 4) is 11.5 Å². The van der Waals surface area contributed by atoms with E-state index < -0.39 is 4.92 Å². The molecule has 108 valence electrons. The Bertz CT molecular complexity index is 710. The van der Waals surface area contributed by atoms with Gasteiger partial charge in [-0.15, -0.1) is 0 Å². The molecule has 8 nitrogen and oxygen atoms in total. The van der Waals surface area contributed by atoms with Gasteiger partial charge >= 0.3 is 5.69 Å². The van der Waals surface area contributed by atoms with Crippen molar-refractivity contribution in [3.05, 3.63) is 45.4 Å². The zero-order chi connectivity index (χ0) is 14.8. The van der Waals surface area contributed by atoms with Crippen LogP contribution < -0.4 is 14.8 Å². The van der Waals surface area contributed by atoms with Crippen molar-refractivity contribution in [2.24, 2.45) is 0 Å². The lowest BCUT2D eigenvalue weighted by atomic mass is 10.2. The number of halogens is 1. The molecule has 0 unspecified atom stereocenters.